The van der Waals surface area contributed by atoms with Crippen LogP contribution in [0.25, 0.3) is 0 Å². The molecule has 4 rings (SSSR count). The zero-order chi connectivity index (χ0) is 16.5. The largest absolute Gasteiger partial charge is 0.384 e. The number of carbonyl (C=O) groups is 1. The van der Waals surface area contributed by atoms with Crippen molar-refractivity contribution in [2.45, 2.75) is 12.5 Å². The quantitative estimate of drug-likeness (QED) is 0.860. The van der Waals surface area contributed by atoms with E-state index < -0.39 is 0 Å². The Hall–Kier alpha value is -1.75. The first-order chi connectivity index (χ1) is 11.7. The van der Waals surface area contributed by atoms with E-state index in [1.54, 1.807) is 0 Å². The normalized spacial score (nSPS) is 18.9. The molecule has 0 saturated carbocycles. The molecule has 25 heavy (non-hydrogen) atoms. The molecule has 2 heterocycles. The summed E-state index contributed by atoms with van der Waals surface area (Å²) in [6.07, 6.45) is 0.878. The molecule has 2 aromatic carbocycles. The molecule has 2 aliphatic rings. The van der Waals surface area contributed by atoms with E-state index in [0.29, 0.717) is 24.7 Å². The molecule has 0 radical (unpaired) electrons. The minimum Gasteiger partial charge on any atom is -0.384 e. The Labute approximate surface area is 158 Å². The van der Waals surface area contributed by atoms with Crippen molar-refractivity contribution in [1.82, 2.24) is 4.90 Å². The first kappa shape index (κ1) is 18.1. The molecule has 1 N–H and O–H groups in total. The molecular formula is C19H20Cl2N2O2. The van der Waals surface area contributed by atoms with E-state index >= 15 is 0 Å². The monoisotopic (exact) mass is 378 g/mol. The summed E-state index contributed by atoms with van der Waals surface area (Å²) >= 11 is 5.95. The fourth-order valence-electron chi connectivity index (χ4n) is 3.33. The highest BCUT2D eigenvalue weighted by Crippen LogP contribution is 2.27. The molecule has 0 bridgehead atoms. The number of nitrogens with one attached hydrogen (secondary N) is 1. The Balaban J connectivity index is 0.00000182. The summed E-state index contributed by atoms with van der Waals surface area (Å²) in [5.74, 6) is 0.0759. The highest BCUT2D eigenvalue weighted by molar-refractivity contribution is 6.30. The van der Waals surface area contributed by atoms with Crippen molar-refractivity contribution in [3.63, 3.8) is 0 Å². The lowest BCUT2D eigenvalue weighted by Gasteiger charge is -2.33. The summed E-state index contributed by atoms with van der Waals surface area (Å²) in [6, 6.07) is 13.6. The minimum atomic E-state index is -0.101. The number of benzene rings is 2. The average Bonchev–Trinajstić information content (AvgIpc) is 3.09. The third-order valence-corrected chi connectivity index (χ3v) is 4.91. The summed E-state index contributed by atoms with van der Waals surface area (Å²) in [5, 5.41) is 4.03. The maximum absolute atomic E-state index is 12.9. The zero-order valence-corrected chi connectivity index (χ0v) is 15.3. The molecule has 0 aromatic heterocycles. The third-order valence-electron chi connectivity index (χ3n) is 4.66. The average molecular weight is 379 g/mol. The van der Waals surface area contributed by atoms with Crippen LogP contribution >= 0.6 is 24.0 Å². The standard InChI is InChI=1S/C19H19ClN2O2.ClH/c20-16-4-1-13(2-5-16)18-12-22(9-10-24-18)19(23)15-3-6-17-14(11-15)7-8-21-17;/h1-6,11,18,21H,7-10,12H2;1H. The summed E-state index contributed by atoms with van der Waals surface area (Å²) < 4.78 is 5.85. The van der Waals surface area contributed by atoms with Crippen molar-refractivity contribution in [2.75, 3.05) is 31.6 Å². The van der Waals surface area contributed by atoms with Crippen LogP contribution in [-0.4, -0.2) is 37.0 Å². The number of fused-ring (bicyclic) bond motifs is 1. The maximum atomic E-state index is 12.9. The molecule has 2 aromatic rings. The van der Waals surface area contributed by atoms with Crippen LogP contribution in [0.5, 0.6) is 0 Å². The second-order valence-electron chi connectivity index (χ2n) is 6.21. The Morgan fingerprint density at radius 2 is 2.00 bits per heavy atom. The molecule has 1 amide bonds. The molecule has 6 heteroatoms. The van der Waals surface area contributed by atoms with Crippen molar-refractivity contribution in [1.29, 1.82) is 0 Å². The van der Waals surface area contributed by atoms with E-state index in [0.717, 1.165) is 29.8 Å². The van der Waals surface area contributed by atoms with E-state index in [9.17, 15) is 4.79 Å². The van der Waals surface area contributed by atoms with E-state index in [4.69, 9.17) is 16.3 Å². The fourth-order valence-corrected chi connectivity index (χ4v) is 3.46. The molecular weight excluding hydrogens is 359 g/mol. The summed E-state index contributed by atoms with van der Waals surface area (Å²) in [7, 11) is 0. The molecule has 1 fully saturated rings. The highest BCUT2D eigenvalue weighted by atomic mass is 35.5. The molecule has 0 aliphatic carbocycles. The van der Waals surface area contributed by atoms with Gasteiger partial charge in [-0.3, -0.25) is 4.79 Å². The van der Waals surface area contributed by atoms with Gasteiger partial charge in [0, 0.05) is 29.4 Å². The van der Waals surface area contributed by atoms with Crippen molar-refractivity contribution in [3.8, 4) is 0 Å². The van der Waals surface area contributed by atoms with Gasteiger partial charge in [0.1, 0.15) is 6.10 Å². The van der Waals surface area contributed by atoms with Crippen molar-refractivity contribution in [3.05, 3.63) is 64.2 Å². The smallest absolute Gasteiger partial charge is 0.254 e. The number of hydrogen-bond acceptors (Lipinski definition) is 3. The fraction of sp³-hybridized carbons (Fsp3) is 0.316. The molecule has 132 valence electrons. The van der Waals surface area contributed by atoms with Crippen LogP contribution in [0.3, 0.4) is 0 Å². The molecule has 4 nitrogen and oxygen atoms in total. The second kappa shape index (κ2) is 7.65. The number of halogens is 2. The van der Waals surface area contributed by atoms with Gasteiger partial charge in [-0.1, -0.05) is 23.7 Å². The van der Waals surface area contributed by atoms with Crippen LogP contribution < -0.4 is 5.32 Å². The summed E-state index contributed by atoms with van der Waals surface area (Å²) in [5.41, 5.74) is 4.18. The summed E-state index contributed by atoms with van der Waals surface area (Å²) in [4.78, 5) is 14.7. The van der Waals surface area contributed by atoms with Crippen LogP contribution in [0.15, 0.2) is 42.5 Å². The van der Waals surface area contributed by atoms with Gasteiger partial charge in [0.15, 0.2) is 0 Å². The lowest BCUT2D eigenvalue weighted by atomic mass is 10.1. The minimum absolute atomic E-state index is 0. The van der Waals surface area contributed by atoms with E-state index in [-0.39, 0.29) is 24.4 Å². The SMILES string of the molecule is Cl.O=C(c1ccc2c(c1)CCN2)N1CCOC(c2ccc(Cl)cc2)C1. The van der Waals surface area contributed by atoms with Crippen LogP contribution in [0.2, 0.25) is 5.02 Å². The third kappa shape index (κ3) is 3.76. The lowest BCUT2D eigenvalue weighted by Crippen LogP contribution is -2.42. The highest BCUT2D eigenvalue weighted by Gasteiger charge is 2.26. The molecule has 1 atom stereocenters. The van der Waals surface area contributed by atoms with Crippen LogP contribution in [0.1, 0.15) is 27.6 Å². The van der Waals surface area contributed by atoms with Crippen LogP contribution in [0, 0.1) is 0 Å². The number of hydrogen-bond donors (Lipinski definition) is 1. The van der Waals surface area contributed by atoms with Gasteiger partial charge in [0.2, 0.25) is 0 Å². The van der Waals surface area contributed by atoms with Crippen molar-refractivity contribution in [2.24, 2.45) is 0 Å². The first-order valence-corrected chi connectivity index (χ1v) is 8.61. The number of anilines is 1. The van der Waals surface area contributed by atoms with Gasteiger partial charge in [-0.2, -0.15) is 0 Å². The zero-order valence-electron chi connectivity index (χ0n) is 13.7. The number of rotatable bonds is 2. The van der Waals surface area contributed by atoms with E-state index in [2.05, 4.69) is 5.32 Å². The number of carbonyl (C=O) groups excluding carboxylic acids is 1. The van der Waals surface area contributed by atoms with Gasteiger partial charge >= 0.3 is 0 Å². The first-order valence-electron chi connectivity index (χ1n) is 8.24. The number of morpholine rings is 1. The van der Waals surface area contributed by atoms with Gasteiger partial charge in [-0.05, 0) is 47.9 Å². The molecule has 0 spiro atoms. The molecule has 2 aliphatic heterocycles. The Morgan fingerprint density at radius 3 is 2.80 bits per heavy atom. The van der Waals surface area contributed by atoms with Gasteiger partial charge in [-0.15, -0.1) is 12.4 Å². The Morgan fingerprint density at radius 1 is 1.20 bits per heavy atom. The molecule has 1 unspecified atom stereocenters. The van der Waals surface area contributed by atoms with Gasteiger partial charge in [0.25, 0.3) is 5.91 Å². The lowest BCUT2D eigenvalue weighted by molar-refractivity contribution is -0.0228. The number of amides is 1. The van der Waals surface area contributed by atoms with Gasteiger partial charge in [-0.25, -0.2) is 0 Å². The van der Waals surface area contributed by atoms with Crippen molar-refractivity contribution < 1.29 is 9.53 Å². The maximum Gasteiger partial charge on any atom is 0.254 e. The topological polar surface area (TPSA) is 41.6 Å². The predicted octanol–water partition coefficient (Wildman–Crippen LogP) is 3.94. The van der Waals surface area contributed by atoms with Crippen molar-refractivity contribution >= 4 is 35.6 Å². The van der Waals surface area contributed by atoms with E-state index in [1.165, 1.54) is 5.56 Å². The predicted molar refractivity (Wildman–Crippen MR) is 102 cm³/mol. The number of nitrogens with zero attached hydrogens (tertiary/aromatic N) is 1. The Bertz CT molecular complexity index is 765. The second-order valence-corrected chi connectivity index (χ2v) is 6.65. The summed E-state index contributed by atoms with van der Waals surface area (Å²) in [6.45, 7) is 2.68. The Kier molecular flexibility index (Phi) is 5.52. The van der Waals surface area contributed by atoms with Crippen LogP contribution in [-0.2, 0) is 11.2 Å². The molecule has 1 saturated heterocycles. The van der Waals surface area contributed by atoms with E-state index in [1.807, 2.05) is 47.4 Å². The van der Waals surface area contributed by atoms with Gasteiger partial charge in [0.05, 0.1) is 13.2 Å². The van der Waals surface area contributed by atoms with Crippen LogP contribution in [0.4, 0.5) is 5.69 Å². The number of ether oxygens (including phenoxy) is 1. The van der Waals surface area contributed by atoms with Gasteiger partial charge < -0.3 is 15.0 Å².